The van der Waals surface area contributed by atoms with Gasteiger partial charge in [-0.2, -0.15) is 0 Å². The Balaban J connectivity index is 1.66. The normalized spacial score (nSPS) is 16.1. The molecule has 1 aliphatic carbocycles. The second kappa shape index (κ2) is 5.70. The first-order valence-electron chi connectivity index (χ1n) is 6.91. The molecule has 1 aliphatic rings. The summed E-state index contributed by atoms with van der Waals surface area (Å²) in [6.07, 6.45) is 2.80. The molecule has 2 heteroatoms. The van der Waals surface area contributed by atoms with E-state index in [0.29, 0.717) is 5.92 Å². The molecule has 2 aromatic carbocycles. The van der Waals surface area contributed by atoms with Gasteiger partial charge in [0.25, 0.3) is 0 Å². The number of anilines is 1. The molecule has 0 saturated heterocycles. The van der Waals surface area contributed by atoms with Crippen LogP contribution >= 0.6 is 11.9 Å². The molecular weight excluding hydrogens is 250 g/mol. The molecule has 19 heavy (non-hydrogen) atoms. The van der Waals surface area contributed by atoms with Gasteiger partial charge in [0, 0.05) is 10.6 Å². The third-order valence-corrected chi connectivity index (χ3v) is 4.62. The Hall–Kier alpha value is -1.41. The molecule has 0 aromatic heterocycles. The van der Waals surface area contributed by atoms with E-state index >= 15 is 0 Å². The summed E-state index contributed by atoms with van der Waals surface area (Å²) in [6, 6.07) is 19.2. The van der Waals surface area contributed by atoms with Crippen LogP contribution in [0.4, 0.5) is 5.69 Å². The summed E-state index contributed by atoms with van der Waals surface area (Å²) in [5.41, 5.74) is 2.65. The smallest absolute Gasteiger partial charge is 0.0446 e. The van der Waals surface area contributed by atoms with Gasteiger partial charge in [-0.15, -0.1) is 0 Å². The minimum atomic E-state index is 0.698. The standard InChI is InChI=1S/C17H19NS/c1-13(14-10-11-14)15-6-5-7-16(12-15)18-19-17-8-3-2-4-9-17/h2-9,12-14,18H,10-11H2,1H3. The van der Waals surface area contributed by atoms with E-state index in [1.54, 1.807) is 11.9 Å². The summed E-state index contributed by atoms with van der Waals surface area (Å²) >= 11 is 1.67. The van der Waals surface area contributed by atoms with Gasteiger partial charge in [-0.05, 0) is 66.5 Å². The Morgan fingerprint density at radius 3 is 2.58 bits per heavy atom. The minimum absolute atomic E-state index is 0.698. The average Bonchev–Trinajstić information content (AvgIpc) is 3.30. The Morgan fingerprint density at radius 1 is 1.05 bits per heavy atom. The zero-order chi connectivity index (χ0) is 13.1. The molecule has 0 aliphatic heterocycles. The minimum Gasteiger partial charge on any atom is -0.326 e. The number of benzene rings is 2. The first-order valence-corrected chi connectivity index (χ1v) is 7.72. The van der Waals surface area contributed by atoms with E-state index in [1.807, 2.05) is 6.07 Å². The van der Waals surface area contributed by atoms with Crippen LogP contribution in [0.5, 0.6) is 0 Å². The van der Waals surface area contributed by atoms with Gasteiger partial charge < -0.3 is 4.72 Å². The van der Waals surface area contributed by atoms with Crippen LogP contribution in [0.25, 0.3) is 0 Å². The summed E-state index contributed by atoms with van der Waals surface area (Å²) < 4.78 is 3.43. The summed E-state index contributed by atoms with van der Waals surface area (Å²) in [4.78, 5) is 1.24. The molecule has 1 nitrogen and oxygen atoms in total. The van der Waals surface area contributed by atoms with Crippen LogP contribution in [0.15, 0.2) is 59.5 Å². The van der Waals surface area contributed by atoms with E-state index in [0.717, 1.165) is 5.92 Å². The van der Waals surface area contributed by atoms with E-state index in [9.17, 15) is 0 Å². The monoisotopic (exact) mass is 269 g/mol. The second-order valence-electron chi connectivity index (χ2n) is 5.27. The van der Waals surface area contributed by atoms with Crippen molar-refractivity contribution in [2.45, 2.75) is 30.6 Å². The van der Waals surface area contributed by atoms with Crippen LogP contribution in [0, 0.1) is 5.92 Å². The van der Waals surface area contributed by atoms with Crippen LogP contribution in [0.2, 0.25) is 0 Å². The van der Waals surface area contributed by atoms with Gasteiger partial charge >= 0.3 is 0 Å². The molecule has 0 amide bonds. The number of rotatable bonds is 5. The first kappa shape index (κ1) is 12.6. The molecule has 0 spiro atoms. The van der Waals surface area contributed by atoms with Crippen LogP contribution in [0.1, 0.15) is 31.2 Å². The highest BCUT2D eigenvalue weighted by Gasteiger charge is 2.28. The molecule has 98 valence electrons. The highest BCUT2D eigenvalue weighted by molar-refractivity contribution is 8.00. The molecule has 1 N–H and O–H groups in total. The maximum atomic E-state index is 3.43. The predicted octanol–water partition coefficient (Wildman–Crippen LogP) is 5.32. The Labute approximate surface area is 119 Å². The zero-order valence-corrected chi connectivity index (χ0v) is 12.0. The van der Waals surface area contributed by atoms with E-state index in [2.05, 4.69) is 60.2 Å². The lowest BCUT2D eigenvalue weighted by Gasteiger charge is -2.12. The van der Waals surface area contributed by atoms with Gasteiger partial charge in [0.05, 0.1) is 0 Å². The average molecular weight is 269 g/mol. The molecule has 0 radical (unpaired) electrons. The summed E-state index contributed by atoms with van der Waals surface area (Å²) in [5.74, 6) is 1.61. The summed E-state index contributed by atoms with van der Waals surface area (Å²) in [5, 5.41) is 0. The molecule has 1 fully saturated rings. The van der Waals surface area contributed by atoms with Crippen molar-refractivity contribution in [3.05, 3.63) is 60.2 Å². The van der Waals surface area contributed by atoms with Gasteiger partial charge in [0.2, 0.25) is 0 Å². The maximum Gasteiger partial charge on any atom is 0.0446 e. The summed E-state index contributed by atoms with van der Waals surface area (Å²) in [7, 11) is 0. The van der Waals surface area contributed by atoms with E-state index in [1.165, 1.54) is 29.0 Å². The number of hydrogen-bond donors (Lipinski definition) is 1. The van der Waals surface area contributed by atoms with Gasteiger partial charge in [-0.25, -0.2) is 0 Å². The van der Waals surface area contributed by atoms with E-state index < -0.39 is 0 Å². The van der Waals surface area contributed by atoms with E-state index in [4.69, 9.17) is 0 Å². The van der Waals surface area contributed by atoms with Crippen LogP contribution in [-0.2, 0) is 0 Å². The molecule has 0 bridgehead atoms. The molecule has 1 unspecified atom stereocenters. The third-order valence-electron chi connectivity index (χ3n) is 3.77. The van der Waals surface area contributed by atoms with Crippen molar-refractivity contribution in [3.8, 4) is 0 Å². The van der Waals surface area contributed by atoms with Gasteiger partial charge in [0.15, 0.2) is 0 Å². The highest BCUT2D eigenvalue weighted by Crippen LogP contribution is 2.42. The third kappa shape index (κ3) is 3.32. The molecule has 1 atom stereocenters. The lowest BCUT2D eigenvalue weighted by Crippen LogP contribution is -1.96. The SMILES string of the molecule is CC(c1cccc(NSc2ccccc2)c1)C1CC1. The Bertz CT molecular complexity index is 534. The van der Waals surface area contributed by atoms with Gasteiger partial charge in [0.1, 0.15) is 0 Å². The second-order valence-corrected chi connectivity index (χ2v) is 6.15. The zero-order valence-electron chi connectivity index (χ0n) is 11.2. The molecular formula is C17H19NS. The predicted molar refractivity (Wildman–Crippen MR) is 83.5 cm³/mol. The fraction of sp³-hybridized carbons (Fsp3) is 0.294. The van der Waals surface area contributed by atoms with Crippen molar-refractivity contribution < 1.29 is 0 Å². The van der Waals surface area contributed by atoms with Crippen LogP contribution < -0.4 is 4.72 Å². The maximum absolute atomic E-state index is 3.43. The van der Waals surface area contributed by atoms with Crippen molar-refractivity contribution in [1.82, 2.24) is 0 Å². The van der Waals surface area contributed by atoms with Crippen molar-refractivity contribution in [2.24, 2.45) is 5.92 Å². The van der Waals surface area contributed by atoms with Crippen molar-refractivity contribution in [1.29, 1.82) is 0 Å². The fourth-order valence-electron chi connectivity index (χ4n) is 2.36. The van der Waals surface area contributed by atoms with Crippen molar-refractivity contribution in [3.63, 3.8) is 0 Å². The lowest BCUT2D eigenvalue weighted by molar-refractivity contribution is 0.664. The topological polar surface area (TPSA) is 12.0 Å². The van der Waals surface area contributed by atoms with Crippen LogP contribution in [0.3, 0.4) is 0 Å². The fourth-order valence-corrected chi connectivity index (χ4v) is 3.02. The Kier molecular flexibility index (Phi) is 3.79. The molecule has 1 saturated carbocycles. The number of hydrogen-bond acceptors (Lipinski definition) is 2. The largest absolute Gasteiger partial charge is 0.326 e. The lowest BCUT2D eigenvalue weighted by atomic mass is 9.96. The molecule has 0 heterocycles. The quantitative estimate of drug-likeness (QED) is 0.737. The first-order chi connectivity index (χ1) is 9.33. The van der Waals surface area contributed by atoms with Crippen molar-refractivity contribution >= 4 is 17.6 Å². The van der Waals surface area contributed by atoms with E-state index in [-0.39, 0.29) is 0 Å². The Morgan fingerprint density at radius 2 is 1.84 bits per heavy atom. The summed E-state index contributed by atoms with van der Waals surface area (Å²) in [6.45, 7) is 2.35. The molecule has 2 aromatic rings. The molecule has 3 rings (SSSR count). The van der Waals surface area contributed by atoms with Crippen LogP contribution in [-0.4, -0.2) is 0 Å². The van der Waals surface area contributed by atoms with Gasteiger partial charge in [-0.1, -0.05) is 37.3 Å². The van der Waals surface area contributed by atoms with Gasteiger partial charge in [-0.3, -0.25) is 0 Å². The number of nitrogens with one attached hydrogen (secondary N) is 1. The van der Waals surface area contributed by atoms with Crippen molar-refractivity contribution in [2.75, 3.05) is 4.72 Å². The highest BCUT2D eigenvalue weighted by atomic mass is 32.2.